The number of nitrogens with one attached hydrogen (secondary N) is 1. The van der Waals surface area contributed by atoms with Gasteiger partial charge in [-0.1, -0.05) is 36.4 Å². The first kappa shape index (κ1) is 19.2. The number of nitrogens with two attached hydrogens (primary N) is 1. The van der Waals surface area contributed by atoms with E-state index in [-0.39, 0.29) is 5.82 Å². The molecule has 0 aliphatic heterocycles. The van der Waals surface area contributed by atoms with Crippen LogP contribution in [0.25, 0.3) is 28.0 Å². The van der Waals surface area contributed by atoms with Crippen LogP contribution in [-0.2, 0) is 0 Å². The van der Waals surface area contributed by atoms with Crippen molar-refractivity contribution in [3.63, 3.8) is 0 Å². The predicted octanol–water partition coefficient (Wildman–Crippen LogP) is 5.31. The summed E-state index contributed by atoms with van der Waals surface area (Å²) in [6.45, 7) is 0. The predicted molar refractivity (Wildman–Crippen MR) is 121 cm³/mol. The lowest BCUT2D eigenvalue weighted by molar-refractivity contribution is 0.628. The molecular weight excluding hydrogens is 411 g/mol. The monoisotopic (exact) mass is 428 g/mol. The third-order valence-corrected chi connectivity index (χ3v) is 5.36. The third kappa shape index (κ3) is 3.74. The molecule has 5 aromatic rings. The molecule has 3 aromatic heterocycles. The van der Waals surface area contributed by atoms with Crippen molar-refractivity contribution in [3.05, 3.63) is 91.1 Å². The Hall–Kier alpha value is -3.75. The lowest BCUT2D eigenvalue weighted by atomic mass is 10.1. The number of anilines is 2. The maximum Gasteiger partial charge on any atom is 0.178 e. The summed E-state index contributed by atoms with van der Waals surface area (Å²) in [5.74, 6) is 0.826. The molecule has 0 amide bonds. The van der Waals surface area contributed by atoms with Gasteiger partial charge in [0.1, 0.15) is 5.82 Å². The van der Waals surface area contributed by atoms with Crippen molar-refractivity contribution in [1.82, 2.24) is 19.6 Å². The van der Waals surface area contributed by atoms with Crippen molar-refractivity contribution in [3.8, 4) is 22.5 Å². The number of hydrogen-bond acceptors (Lipinski definition) is 6. The lowest BCUT2D eigenvalue weighted by Crippen LogP contribution is -2.04. The SMILES string of the molecule is NSc1cncc(-c2nnc(Nc3cccc(F)c3)c3c(-c4ccccc4)ccn23)c1. The van der Waals surface area contributed by atoms with Gasteiger partial charge in [0.05, 0.1) is 5.52 Å². The van der Waals surface area contributed by atoms with Gasteiger partial charge in [0.2, 0.25) is 0 Å². The van der Waals surface area contributed by atoms with Crippen LogP contribution in [0.3, 0.4) is 0 Å². The summed E-state index contributed by atoms with van der Waals surface area (Å²) in [7, 11) is 0. The molecule has 3 heterocycles. The molecule has 152 valence electrons. The van der Waals surface area contributed by atoms with Crippen LogP contribution in [0.2, 0.25) is 0 Å². The molecule has 0 fully saturated rings. The summed E-state index contributed by atoms with van der Waals surface area (Å²) < 4.78 is 15.7. The molecule has 0 unspecified atom stereocenters. The second-order valence-corrected chi connectivity index (χ2v) is 7.56. The van der Waals surface area contributed by atoms with Gasteiger partial charge in [-0.05, 0) is 47.8 Å². The molecule has 31 heavy (non-hydrogen) atoms. The number of halogens is 1. The molecule has 6 nitrogen and oxygen atoms in total. The first-order valence-electron chi connectivity index (χ1n) is 9.51. The maximum absolute atomic E-state index is 13.7. The highest BCUT2D eigenvalue weighted by Crippen LogP contribution is 2.34. The summed E-state index contributed by atoms with van der Waals surface area (Å²) in [6, 6.07) is 20.2. The molecular formula is C23H17FN6S. The highest BCUT2D eigenvalue weighted by molar-refractivity contribution is 7.97. The fourth-order valence-corrected chi connectivity index (χ4v) is 3.80. The van der Waals surface area contributed by atoms with Crippen LogP contribution in [0.15, 0.2) is 90.2 Å². The molecule has 0 radical (unpaired) electrons. The number of aromatic nitrogens is 4. The Morgan fingerprint density at radius 3 is 2.58 bits per heavy atom. The van der Waals surface area contributed by atoms with Crippen LogP contribution in [0, 0.1) is 5.82 Å². The Bertz CT molecular complexity index is 1370. The number of rotatable bonds is 5. The van der Waals surface area contributed by atoms with E-state index in [9.17, 15) is 4.39 Å². The fourth-order valence-electron chi connectivity index (χ4n) is 3.48. The fraction of sp³-hybridized carbons (Fsp3) is 0. The van der Waals surface area contributed by atoms with Gasteiger partial charge in [-0.3, -0.25) is 14.5 Å². The topological polar surface area (TPSA) is 81.1 Å². The molecule has 0 aliphatic rings. The molecule has 3 N–H and O–H groups in total. The van der Waals surface area contributed by atoms with Gasteiger partial charge in [0.15, 0.2) is 11.6 Å². The number of nitrogens with zero attached hydrogens (tertiary/aromatic N) is 4. The Kier molecular flexibility index (Phi) is 5.07. The molecule has 0 atom stereocenters. The minimum absolute atomic E-state index is 0.327. The quantitative estimate of drug-likeness (QED) is 0.370. The highest BCUT2D eigenvalue weighted by Gasteiger charge is 2.17. The smallest absolute Gasteiger partial charge is 0.178 e. The standard InChI is InChI=1S/C23H17FN6S/c24-17-7-4-8-18(12-17)27-22-21-20(15-5-2-1-3-6-15)9-10-30(21)23(29-28-22)16-11-19(31-25)14-26-13-16/h1-14H,25H2,(H,27,28). The maximum atomic E-state index is 13.7. The lowest BCUT2D eigenvalue weighted by Gasteiger charge is -2.12. The van der Waals surface area contributed by atoms with E-state index in [1.54, 1.807) is 24.5 Å². The van der Waals surface area contributed by atoms with Gasteiger partial charge in [0.25, 0.3) is 0 Å². The van der Waals surface area contributed by atoms with Gasteiger partial charge in [-0.15, -0.1) is 10.2 Å². The van der Waals surface area contributed by atoms with E-state index in [1.165, 1.54) is 12.1 Å². The summed E-state index contributed by atoms with van der Waals surface area (Å²) in [5.41, 5.74) is 4.22. The number of benzene rings is 2. The van der Waals surface area contributed by atoms with Crippen LogP contribution in [0.4, 0.5) is 15.9 Å². The highest BCUT2D eigenvalue weighted by atomic mass is 32.2. The number of hydrogen-bond donors (Lipinski definition) is 2. The van der Waals surface area contributed by atoms with Gasteiger partial charge in [-0.25, -0.2) is 4.39 Å². The zero-order valence-electron chi connectivity index (χ0n) is 16.2. The van der Waals surface area contributed by atoms with Crippen LogP contribution in [-0.4, -0.2) is 19.6 Å². The Balaban J connectivity index is 1.72. The van der Waals surface area contributed by atoms with Crippen molar-refractivity contribution in [1.29, 1.82) is 0 Å². The van der Waals surface area contributed by atoms with E-state index in [0.717, 1.165) is 39.1 Å². The molecule has 0 saturated heterocycles. The van der Waals surface area contributed by atoms with Crippen LogP contribution in [0.5, 0.6) is 0 Å². The van der Waals surface area contributed by atoms with E-state index < -0.39 is 0 Å². The first-order valence-corrected chi connectivity index (χ1v) is 10.4. The minimum Gasteiger partial charge on any atom is -0.337 e. The average molecular weight is 428 g/mol. The first-order chi connectivity index (χ1) is 15.2. The molecule has 0 bridgehead atoms. The van der Waals surface area contributed by atoms with E-state index in [0.29, 0.717) is 17.3 Å². The second kappa shape index (κ2) is 8.17. The van der Waals surface area contributed by atoms with Crippen molar-refractivity contribution in [2.24, 2.45) is 5.14 Å². The minimum atomic E-state index is -0.327. The van der Waals surface area contributed by atoms with Crippen molar-refractivity contribution >= 4 is 29.0 Å². The zero-order valence-corrected chi connectivity index (χ0v) is 17.1. The summed E-state index contributed by atoms with van der Waals surface area (Å²) in [5, 5.41) is 17.8. The van der Waals surface area contributed by atoms with Crippen molar-refractivity contribution in [2.45, 2.75) is 4.90 Å². The number of fused-ring (bicyclic) bond motifs is 1. The van der Waals surface area contributed by atoms with Gasteiger partial charge in [-0.2, -0.15) is 0 Å². The molecule has 8 heteroatoms. The van der Waals surface area contributed by atoms with E-state index in [1.807, 2.05) is 53.1 Å². The van der Waals surface area contributed by atoms with E-state index in [4.69, 9.17) is 5.14 Å². The van der Waals surface area contributed by atoms with Gasteiger partial charge >= 0.3 is 0 Å². The Morgan fingerprint density at radius 2 is 1.77 bits per heavy atom. The summed E-state index contributed by atoms with van der Waals surface area (Å²) >= 11 is 1.12. The molecule has 5 rings (SSSR count). The van der Waals surface area contributed by atoms with Crippen molar-refractivity contribution in [2.75, 3.05) is 5.32 Å². The van der Waals surface area contributed by atoms with Gasteiger partial charge in [0, 0.05) is 40.3 Å². The second-order valence-electron chi connectivity index (χ2n) is 6.85. The molecule has 2 aromatic carbocycles. The van der Waals surface area contributed by atoms with Crippen LogP contribution in [0.1, 0.15) is 0 Å². The van der Waals surface area contributed by atoms with Gasteiger partial charge < -0.3 is 5.32 Å². The summed E-state index contributed by atoms with van der Waals surface area (Å²) in [6.07, 6.45) is 5.37. The third-order valence-electron chi connectivity index (χ3n) is 4.86. The van der Waals surface area contributed by atoms with E-state index in [2.05, 4.69) is 20.5 Å². The van der Waals surface area contributed by atoms with E-state index >= 15 is 0 Å². The largest absolute Gasteiger partial charge is 0.337 e. The average Bonchev–Trinajstić information content (AvgIpc) is 3.26. The molecule has 0 aliphatic carbocycles. The summed E-state index contributed by atoms with van der Waals surface area (Å²) in [4.78, 5) is 5.09. The molecule has 0 saturated carbocycles. The van der Waals surface area contributed by atoms with Crippen LogP contribution < -0.4 is 10.5 Å². The van der Waals surface area contributed by atoms with Crippen LogP contribution >= 0.6 is 11.9 Å². The molecule has 0 spiro atoms. The van der Waals surface area contributed by atoms with Crippen molar-refractivity contribution < 1.29 is 4.39 Å². The normalized spacial score (nSPS) is 11.0. The Labute approximate surface area is 182 Å². The zero-order chi connectivity index (χ0) is 21.2. The number of pyridine rings is 1. The Morgan fingerprint density at radius 1 is 0.903 bits per heavy atom.